The molecule has 0 saturated heterocycles. The molecule has 0 aliphatic carbocycles. The van der Waals surface area contributed by atoms with Crippen molar-refractivity contribution in [2.45, 2.75) is 18.9 Å². The van der Waals surface area contributed by atoms with E-state index in [1.807, 2.05) is 0 Å². The van der Waals surface area contributed by atoms with Crippen molar-refractivity contribution in [3.05, 3.63) is 30.3 Å². The van der Waals surface area contributed by atoms with E-state index in [0.29, 0.717) is 12.1 Å². The molecule has 1 aromatic rings. The molecule has 0 N–H and O–H groups in total. The number of nitrogens with zero attached hydrogens (tertiary/aromatic N) is 1. The van der Waals surface area contributed by atoms with Gasteiger partial charge in [-0.1, -0.05) is 18.2 Å². The van der Waals surface area contributed by atoms with E-state index < -0.39 is 29.1 Å². The molecule has 0 fully saturated rings. The van der Waals surface area contributed by atoms with Crippen LogP contribution in [-0.4, -0.2) is 18.9 Å². The van der Waals surface area contributed by atoms with Crippen LogP contribution in [0.5, 0.6) is 0 Å². The Hall–Kier alpha value is -1.16. The zero-order valence-corrected chi connectivity index (χ0v) is 9.87. The van der Waals surface area contributed by atoms with Gasteiger partial charge >= 0.3 is 18.9 Å². The fourth-order valence-electron chi connectivity index (χ4n) is 1.52. The molecule has 0 atom stereocenters. The van der Waals surface area contributed by atoms with Gasteiger partial charge in [-0.15, -0.1) is 39.5 Å². The average molecular weight is 334 g/mol. The van der Waals surface area contributed by atoms with Gasteiger partial charge in [0.15, 0.2) is 5.69 Å². The molecule has 0 aliphatic heterocycles. The predicted octanol–water partition coefficient (Wildman–Crippen LogP) is 1.56. The summed E-state index contributed by atoms with van der Waals surface area (Å²) in [5, 5.41) is 0. The van der Waals surface area contributed by atoms with Crippen molar-refractivity contribution in [1.82, 2.24) is 4.48 Å². The molecule has 0 aliphatic rings. The summed E-state index contributed by atoms with van der Waals surface area (Å²) in [5.74, 6) is 0. The first-order valence-corrected chi connectivity index (χ1v) is 4.51. The number of halogens is 10. The van der Waals surface area contributed by atoms with E-state index in [9.17, 15) is 39.5 Å². The molecule has 20 heavy (non-hydrogen) atoms. The number of para-hydroxylation sites is 1. The van der Waals surface area contributed by atoms with Crippen molar-refractivity contribution in [2.24, 2.45) is 0 Å². The van der Waals surface area contributed by atoms with Gasteiger partial charge in [-0.25, -0.2) is 0 Å². The van der Waals surface area contributed by atoms with Gasteiger partial charge in [-0.05, 0) is 4.48 Å². The quantitative estimate of drug-likeness (QED) is 0.416. The lowest BCUT2D eigenvalue weighted by molar-refractivity contribution is -0.456. The van der Waals surface area contributed by atoms with Gasteiger partial charge < -0.3 is 12.4 Å². The Morgan fingerprint density at radius 3 is 1.15 bits per heavy atom. The second-order valence-electron chi connectivity index (χ2n) is 3.41. The topological polar surface area (TPSA) is 0 Å². The zero-order valence-electron chi connectivity index (χ0n) is 9.11. The summed E-state index contributed by atoms with van der Waals surface area (Å²) in [7, 11) is 0. The Bertz CT molecular complexity index is 397. The SMILES string of the molecule is FC(F)(F)[N+](c1ccccc1)(C(F)(F)F)C(F)(F)F.[Cl-]. The minimum atomic E-state index is -6.63. The fourth-order valence-corrected chi connectivity index (χ4v) is 1.52. The number of quaternary nitrogens is 1. The van der Waals surface area contributed by atoms with E-state index in [4.69, 9.17) is 0 Å². The third-order valence-electron chi connectivity index (χ3n) is 2.28. The Morgan fingerprint density at radius 1 is 0.600 bits per heavy atom. The molecule has 0 spiro atoms. The highest BCUT2D eigenvalue weighted by molar-refractivity contribution is 5.44. The summed E-state index contributed by atoms with van der Waals surface area (Å²) >= 11 is 0. The highest BCUT2D eigenvalue weighted by Crippen LogP contribution is 2.54. The number of hydrogen-bond donors (Lipinski definition) is 0. The van der Waals surface area contributed by atoms with Gasteiger partial charge in [-0.2, -0.15) is 0 Å². The van der Waals surface area contributed by atoms with E-state index in [2.05, 4.69) is 0 Å². The van der Waals surface area contributed by atoms with Gasteiger partial charge in [0.1, 0.15) is 0 Å². The van der Waals surface area contributed by atoms with Crippen LogP contribution in [0.15, 0.2) is 30.3 Å². The van der Waals surface area contributed by atoms with Gasteiger partial charge in [0.2, 0.25) is 0 Å². The summed E-state index contributed by atoms with van der Waals surface area (Å²) in [6.07, 6.45) is -19.9. The van der Waals surface area contributed by atoms with Crippen LogP contribution in [0.4, 0.5) is 45.2 Å². The average Bonchev–Trinajstić information content (AvgIpc) is 2.12. The molecule has 1 aromatic carbocycles. The molecule has 0 amide bonds. The maximum atomic E-state index is 12.6. The first kappa shape index (κ1) is 18.8. The Labute approximate surface area is 112 Å². The number of hydrogen-bond acceptors (Lipinski definition) is 0. The number of rotatable bonds is 1. The van der Waals surface area contributed by atoms with Crippen molar-refractivity contribution in [2.75, 3.05) is 0 Å². The molecule has 116 valence electrons. The maximum absolute atomic E-state index is 12.6. The summed E-state index contributed by atoms with van der Waals surface area (Å²) in [5.41, 5.74) is -1.98. The molecule has 0 aromatic heterocycles. The smallest absolute Gasteiger partial charge is 0.581 e. The summed E-state index contributed by atoms with van der Waals surface area (Å²) < 4.78 is 108. The van der Waals surface area contributed by atoms with Crippen LogP contribution >= 0.6 is 0 Å². The van der Waals surface area contributed by atoms with Crippen LogP contribution in [0.25, 0.3) is 0 Å². The lowest BCUT2D eigenvalue weighted by atomic mass is 10.2. The molecular weight excluding hydrogens is 329 g/mol. The number of benzene rings is 1. The van der Waals surface area contributed by atoms with Crippen molar-refractivity contribution >= 4 is 5.69 Å². The highest BCUT2D eigenvalue weighted by atomic mass is 35.5. The summed E-state index contributed by atoms with van der Waals surface area (Å²) in [6, 6.07) is 2.56. The Kier molecular flexibility index (Phi) is 5.01. The molecule has 0 unspecified atom stereocenters. The van der Waals surface area contributed by atoms with Crippen molar-refractivity contribution in [3.8, 4) is 0 Å². The van der Waals surface area contributed by atoms with Crippen LogP contribution in [0.3, 0.4) is 0 Å². The standard InChI is InChI=1S/C9H5F9N.ClH/c10-7(11,12)19(8(13,14)15,9(16,17)18)6-4-2-1-3-5-6;/h1-5H;1H/q+1;/p-1. The third-order valence-corrected chi connectivity index (χ3v) is 2.28. The fraction of sp³-hybridized carbons (Fsp3) is 0.333. The van der Waals surface area contributed by atoms with Crippen LogP contribution in [0, 0.1) is 0 Å². The van der Waals surface area contributed by atoms with Crippen LogP contribution in [0.2, 0.25) is 0 Å². The molecule has 0 bridgehead atoms. The highest BCUT2D eigenvalue weighted by Gasteiger charge is 2.85. The minimum absolute atomic E-state index is 0. The van der Waals surface area contributed by atoms with Gasteiger partial charge in [0.25, 0.3) is 0 Å². The van der Waals surface area contributed by atoms with Crippen LogP contribution in [-0.2, 0) is 0 Å². The largest absolute Gasteiger partial charge is 1.00 e. The second kappa shape index (κ2) is 5.32. The van der Waals surface area contributed by atoms with E-state index in [1.54, 1.807) is 0 Å². The third kappa shape index (κ3) is 2.66. The van der Waals surface area contributed by atoms with E-state index in [1.165, 1.54) is 0 Å². The maximum Gasteiger partial charge on any atom is 0.581 e. The normalized spacial score (nSPS) is 13.8. The Morgan fingerprint density at radius 2 is 0.900 bits per heavy atom. The molecule has 11 heteroatoms. The number of alkyl halides is 9. The molecule has 0 saturated carbocycles. The van der Waals surface area contributed by atoms with Crippen molar-refractivity contribution in [1.29, 1.82) is 0 Å². The second-order valence-corrected chi connectivity index (χ2v) is 3.41. The minimum Gasteiger partial charge on any atom is -1.00 e. The summed E-state index contributed by atoms with van der Waals surface area (Å²) in [6.45, 7) is 0. The monoisotopic (exact) mass is 333 g/mol. The van der Waals surface area contributed by atoms with Gasteiger partial charge in [0.05, 0.1) is 0 Å². The molecule has 0 heterocycles. The molecular formula is C9H5ClF9N. The van der Waals surface area contributed by atoms with E-state index >= 15 is 0 Å². The molecule has 1 rings (SSSR count). The van der Waals surface area contributed by atoms with Crippen molar-refractivity contribution in [3.63, 3.8) is 0 Å². The predicted molar refractivity (Wildman–Crippen MR) is 46.4 cm³/mol. The Balaban J connectivity index is 0.00000361. The lowest BCUT2D eigenvalue weighted by Gasteiger charge is -2.38. The van der Waals surface area contributed by atoms with Crippen molar-refractivity contribution < 1.29 is 51.9 Å². The van der Waals surface area contributed by atoms with E-state index in [0.717, 1.165) is 6.07 Å². The van der Waals surface area contributed by atoms with Crippen LogP contribution in [0.1, 0.15) is 0 Å². The van der Waals surface area contributed by atoms with Gasteiger partial charge in [-0.3, -0.25) is 0 Å². The van der Waals surface area contributed by atoms with E-state index in [-0.39, 0.29) is 24.5 Å². The lowest BCUT2D eigenvalue weighted by Crippen LogP contribution is -3.00. The summed E-state index contributed by atoms with van der Waals surface area (Å²) in [4.78, 5) is 0. The first-order valence-electron chi connectivity index (χ1n) is 4.51. The van der Waals surface area contributed by atoms with Gasteiger partial charge in [0, 0.05) is 12.1 Å². The first-order chi connectivity index (χ1) is 8.36. The molecule has 0 radical (unpaired) electrons. The van der Waals surface area contributed by atoms with Crippen LogP contribution < -0.4 is 16.9 Å². The molecule has 1 nitrogen and oxygen atoms in total. The zero-order chi connectivity index (χ0) is 15.1.